The van der Waals surface area contributed by atoms with Crippen LogP contribution in [0, 0.1) is 5.92 Å². The van der Waals surface area contributed by atoms with Crippen LogP contribution in [0.15, 0.2) is 78.9 Å². The molecule has 0 aromatic heterocycles. The van der Waals surface area contributed by atoms with Crippen LogP contribution < -0.4 is 0 Å². The predicted molar refractivity (Wildman–Crippen MR) is 217 cm³/mol. The van der Waals surface area contributed by atoms with Crippen molar-refractivity contribution in [2.24, 2.45) is 5.92 Å². The third-order valence-electron chi connectivity index (χ3n) is 5.63. The first-order valence-corrected chi connectivity index (χ1v) is 17.7. The molecule has 15 heteroatoms. The maximum atomic E-state index is 10.4. The lowest BCUT2D eigenvalue weighted by Gasteiger charge is -2.16. The highest BCUT2D eigenvalue weighted by molar-refractivity contribution is 5.87. The fourth-order valence-electron chi connectivity index (χ4n) is 3.31. The molecular formula is C41H66O15. The highest BCUT2D eigenvalue weighted by Gasteiger charge is 2.19. The van der Waals surface area contributed by atoms with Crippen molar-refractivity contribution < 1.29 is 72.5 Å². The fourth-order valence-corrected chi connectivity index (χ4v) is 3.31. The van der Waals surface area contributed by atoms with Crippen LogP contribution in [-0.4, -0.2) is 94.4 Å². The molecule has 56 heavy (non-hydrogen) atoms. The Morgan fingerprint density at radius 2 is 0.714 bits per heavy atom. The second kappa shape index (κ2) is 49.1. The number of carboxylic acids is 3. The van der Waals surface area contributed by atoms with Gasteiger partial charge in [-0.05, 0) is 35.7 Å². The third-order valence-corrected chi connectivity index (χ3v) is 5.63. The van der Waals surface area contributed by atoms with E-state index >= 15 is 0 Å². The Kier molecular flexibility index (Phi) is 54.5. The van der Waals surface area contributed by atoms with Crippen LogP contribution in [0.4, 0.5) is 14.4 Å². The Morgan fingerprint density at radius 1 is 0.464 bits per heavy atom. The average Bonchev–Trinajstić information content (AvgIpc) is 3.26. The lowest BCUT2D eigenvalue weighted by molar-refractivity contribution is -0.142. The van der Waals surface area contributed by atoms with E-state index in [9.17, 15) is 24.0 Å². The molecule has 1 aliphatic carbocycles. The van der Waals surface area contributed by atoms with Gasteiger partial charge in [0.25, 0.3) is 5.97 Å². The van der Waals surface area contributed by atoms with E-state index in [1.807, 2.05) is 41.5 Å². The number of hydrogen-bond acceptors (Lipinski definition) is 12. The molecule has 0 radical (unpaired) electrons. The lowest BCUT2D eigenvalue weighted by Crippen LogP contribution is -2.16. The number of aromatic carboxylic acids is 1. The summed E-state index contributed by atoms with van der Waals surface area (Å²) in [4.78, 5) is 58.8. The number of carbonyl (C=O) groups excluding carboxylic acids is 3. The maximum absolute atomic E-state index is 10.4. The smallest absolute Gasteiger partial charge is 0.481 e. The van der Waals surface area contributed by atoms with E-state index in [4.69, 9.17) is 20.1 Å². The number of fused-ring (bicyclic) bond motifs is 1. The number of methoxy groups -OCH3 is 6. The molecule has 3 N–H and O–H groups in total. The van der Waals surface area contributed by atoms with E-state index in [0.717, 1.165) is 32.6 Å². The molecule has 0 unspecified atom stereocenters. The van der Waals surface area contributed by atoms with E-state index in [2.05, 4.69) is 77.0 Å². The van der Waals surface area contributed by atoms with Crippen LogP contribution in [0.25, 0.3) is 10.8 Å². The topological polar surface area (TPSA) is 218 Å². The van der Waals surface area contributed by atoms with Crippen molar-refractivity contribution in [2.45, 2.75) is 80.6 Å². The minimum absolute atomic E-state index is 0.0289. The Hall–Kier alpha value is -5.86. The van der Waals surface area contributed by atoms with Crippen molar-refractivity contribution >= 4 is 47.1 Å². The quantitative estimate of drug-likeness (QED) is 0.162. The van der Waals surface area contributed by atoms with Gasteiger partial charge in [0.1, 0.15) is 0 Å². The first kappa shape index (κ1) is 62.1. The molecule has 0 atom stereocenters. The van der Waals surface area contributed by atoms with E-state index in [-0.39, 0.29) is 5.92 Å². The number of carbonyl (C=O) groups is 6. The molecule has 320 valence electrons. The van der Waals surface area contributed by atoms with E-state index in [1.165, 1.54) is 59.9 Å². The standard InChI is InChI=1S/C10H8.C7H12O2.C7H6O2.3C3H6O3.C2H4O2.3C2H6/c1-2-6-10-8-4-3-7-9(10)5-1;2*8-7(9)6-4-2-1-3-5-6;3*1-5-3(4)6-2;1-2(3)4;3*1-2/h1-8H;6H,1-5H2,(H,8,9);1-5H,(H,8,9);3*1-2H3;1H3,(H,3,4);3*1-2H3. The second-order valence-electron chi connectivity index (χ2n) is 9.19. The van der Waals surface area contributed by atoms with Crippen LogP contribution in [0.1, 0.15) is 90.9 Å². The summed E-state index contributed by atoms with van der Waals surface area (Å²) in [6.45, 7) is 13.1. The van der Waals surface area contributed by atoms with Crippen molar-refractivity contribution in [3.63, 3.8) is 0 Å². The summed E-state index contributed by atoms with van der Waals surface area (Å²) >= 11 is 0. The molecule has 1 aliphatic rings. The number of ether oxygens (including phenoxy) is 6. The SMILES string of the molecule is CC.CC.CC.CC(=O)O.COC(=O)OC.COC(=O)OC.COC(=O)OC.O=C(O)C1CCCCC1.O=C(O)c1ccccc1.c1ccc2ccccc2c1. The summed E-state index contributed by atoms with van der Waals surface area (Å²) in [7, 11) is 7.53. The van der Waals surface area contributed by atoms with Crippen LogP contribution in [-0.2, 0) is 38.0 Å². The van der Waals surface area contributed by atoms with Crippen molar-refractivity contribution in [3.8, 4) is 0 Å². The van der Waals surface area contributed by atoms with Gasteiger partial charge in [0.2, 0.25) is 0 Å². The number of benzene rings is 3. The van der Waals surface area contributed by atoms with Gasteiger partial charge in [-0.3, -0.25) is 9.59 Å². The second-order valence-corrected chi connectivity index (χ2v) is 9.19. The largest absolute Gasteiger partial charge is 0.507 e. The van der Waals surface area contributed by atoms with Gasteiger partial charge in [-0.1, -0.05) is 128 Å². The molecule has 0 saturated heterocycles. The minimum atomic E-state index is -0.879. The molecular weight excluding hydrogens is 732 g/mol. The van der Waals surface area contributed by atoms with Gasteiger partial charge in [0, 0.05) is 6.92 Å². The van der Waals surface area contributed by atoms with Crippen molar-refractivity contribution in [1.82, 2.24) is 0 Å². The van der Waals surface area contributed by atoms with Crippen LogP contribution in [0.3, 0.4) is 0 Å². The zero-order valence-corrected chi connectivity index (χ0v) is 35.4. The van der Waals surface area contributed by atoms with Gasteiger partial charge in [-0.15, -0.1) is 0 Å². The van der Waals surface area contributed by atoms with Gasteiger partial charge in [0.05, 0.1) is 54.1 Å². The van der Waals surface area contributed by atoms with Gasteiger partial charge < -0.3 is 43.7 Å². The van der Waals surface area contributed by atoms with Gasteiger partial charge in [-0.25, -0.2) is 19.2 Å². The molecule has 0 heterocycles. The number of aliphatic carboxylic acids is 2. The molecule has 0 spiro atoms. The molecule has 3 aromatic carbocycles. The first-order chi connectivity index (χ1) is 26.7. The summed E-state index contributed by atoms with van der Waals surface area (Å²) < 4.78 is 24.2. The Balaban J connectivity index is -0.000000129. The van der Waals surface area contributed by atoms with Gasteiger partial charge in [0.15, 0.2) is 0 Å². The Morgan fingerprint density at radius 3 is 0.875 bits per heavy atom. The molecule has 15 nitrogen and oxygen atoms in total. The average molecular weight is 799 g/mol. The van der Waals surface area contributed by atoms with E-state index in [0.29, 0.717) is 5.56 Å². The highest BCUT2D eigenvalue weighted by atomic mass is 16.7. The van der Waals surface area contributed by atoms with Gasteiger partial charge in [-0.2, -0.15) is 0 Å². The van der Waals surface area contributed by atoms with Crippen LogP contribution >= 0.6 is 0 Å². The van der Waals surface area contributed by atoms with Crippen LogP contribution in [0.5, 0.6) is 0 Å². The number of hydrogen-bond donors (Lipinski definition) is 3. The van der Waals surface area contributed by atoms with Crippen LogP contribution in [0.2, 0.25) is 0 Å². The first-order valence-electron chi connectivity index (χ1n) is 17.7. The zero-order chi connectivity index (χ0) is 44.7. The molecule has 4 rings (SSSR count). The lowest BCUT2D eigenvalue weighted by atomic mass is 9.90. The summed E-state index contributed by atoms with van der Waals surface area (Å²) in [5, 5.41) is 27.0. The summed E-state index contributed by atoms with van der Waals surface area (Å²) in [6.07, 6.45) is 3.27. The minimum Gasteiger partial charge on any atom is -0.481 e. The maximum Gasteiger partial charge on any atom is 0.507 e. The van der Waals surface area contributed by atoms with Crippen molar-refractivity contribution in [3.05, 3.63) is 84.4 Å². The molecule has 3 aromatic rings. The number of rotatable bonds is 2. The molecule has 1 fully saturated rings. The fraction of sp³-hybridized carbons (Fsp3) is 0.463. The monoisotopic (exact) mass is 798 g/mol. The summed E-state index contributed by atoms with van der Waals surface area (Å²) in [5.41, 5.74) is 0.331. The van der Waals surface area contributed by atoms with Crippen molar-refractivity contribution in [1.29, 1.82) is 0 Å². The highest BCUT2D eigenvalue weighted by Crippen LogP contribution is 2.23. The molecule has 0 aliphatic heterocycles. The Labute approximate surface area is 332 Å². The third kappa shape index (κ3) is 46.2. The van der Waals surface area contributed by atoms with Gasteiger partial charge >= 0.3 is 30.4 Å². The summed E-state index contributed by atoms with van der Waals surface area (Å²) in [6, 6.07) is 25.0. The molecule has 0 amide bonds. The van der Waals surface area contributed by atoms with Crippen molar-refractivity contribution in [2.75, 3.05) is 42.7 Å². The zero-order valence-electron chi connectivity index (χ0n) is 35.4. The van der Waals surface area contributed by atoms with E-state index < -0.39 is 36.4 Å². The molecule has 1 saturated carbocycles. The number of carboxylic acid groups (broad SMARTS) is 3. The normalized spacial score (nSPS) is 9.73. The Bertz CT molecular complexity index is 1230. The summed E-state index contributed by atoms with van der Waals surface area (Å²) in [5.74, 6) is -2.34. The predicted octanol–water partition coefficient (Wildman–Crippen LogP) is 10.2. The van der Waals surface area contributed by atoms with E-state index in [1.54, 1.807) is 30.3 Å². The molecule has 0 bridgehead atoms.